The summed E-state index contributed by atoms with van der Waals surface area (Å²) in [5, 5.41) is 0. The first-order valence-electron chi connectivity index (χ1n) is 6.24. The van der Waals surface area contributed by atoms with E-state index in [0.29, 0.717) is 4.47 Å². The lowest BCUT2D eigenvalue weighted by molar-refractivity contribution is 0.620. The number of imidazole rings is 1. The van der Waals surface area contributed by atoms with E-state index < -0.39 is 0 Å². The van der Waals surface area contributed by atoms with E-state index in [0.717, 1.165) is 22.3 Å². The molecule has 3 nitrogen and oxygen atoms in total. The molecule has 0 amide bonds. The number of hydrogen-bond acceptors (Lipinski definition) is 2. The van der Waals surface area contributed by atoms with Gasteiger partial charge in [0, 0.05) is 11.7 Å². The molecule has 1 atom stereocenters. The highest BCUT2D eigenvalue weighted by Crippen LogP contribution is 2.24. The molecular formula is C15H13BrFN3. The Morgan fingerprint density at radius 3 is 2.75 bits per heavy atom. The van der Waals surface area contributed by atoms with Crippen molar-refractivity contribution in [1.82, 2.24) is 9.55 Å². The SMILES string of the molecule is C[C@@H](N)c1ccc2c(c1)ncn2-c1ccc(F)c(Br)c1. The minimum Gasteiger partial charge on any atom is -0.324 e. The van der Waals surface area contributed by atoms with Crippen molar-refractivity contribution in [2.24, 2.45) is 5.73 Å². The summed E-state index contributed by atoms with van der Waals surface area (Å²) in [5.41, 5.74) is 9.62. The van der Waals surface area contributed by atoms with Crippen LogP contribution in [0, 0.1) is 5.82 Å². The van der Waals surface area contributed by atoms with Gasteiger partial charge in [0.05, 0.1) is 15.5 Å². The maximum atomic E-state index is 13.3. The van der Waals surface area contributed by atoms with Crippen LogP contribution in [0.1, 0.15) is 18.5 Å². The number of halogens is 2. The first-order valence-corrected chi connectivity index (χ1v) is 7.03. The molecule has 0 fully saturated rings. The van der Waals surface area contributed by atoms with E-state index in [1.54, 1.807) is 18.5 Å². The standard InChI is InChI=1S/C15H13BrFN3/c1-9(18)10-2-5-15-14(6-10)19-8-20(15)11-3-4-13(17)12(16)7-11/h2-9H,18H2,1H3/t9-/m1/s1. The summed E-state index contributed by atoms with van der Waals surface area (Å²) in [6.45, 7) is 1.94. The Labute approximate surface area is 124 Å². The first-order chi connectivity index (χ1) is 9.56. The van der Waals surface area contributed by atoms with Crippen molar-refractivity contribution in [2.45, 2.75) is 13.0 Å². The molecule has 0 aliphatic carbocycles. The molecule has 0 saturated carbocycles. The van der Waals surface area contributed by atoms with Gasteiger partial charge in [-0.1, -0.05) is 6.07 Å². The maximum Gasteiger partial charge on any atom is 0.137 e. The fraction of sp³-hybridized carbons (Fsp3) is 0.133. The Hall–Kier alpha value is -1.72. The van der Waals surface area contributed by atoms with Crippen molar-refractivity contribution in [3.63, 3.8) is 0 Å². The Morgan fingerprint density at radius 1 is 1.25 bits per heavy atom. The molecular weight excluding hydrogens is 321 g/mol. The molecule has 0 aliphatic rings. The molecule has 0 radical (unpaired) electrons. The number of fused-ring (bicyclic) bond motifs is 1. The third kappa shape index (κ3) is 2.23. The normalized spacial score (nSPS) is 12.8. The zero-order valence-corrected chi connectivity index (χ0v) is 12.4. The third-order valence-corrected chi connectivity index (χ3v) is 3.89. The summed E-state index contributed by atoms with van der Waals surface area (Å²) in [6, 6.07) is 10.8. The highest BCUT2D eigenvalue weighted by molar-refractivity contribution is 9.10. The Morgan fingerprint density at radius 2 is 2.05 bits per heavy atom. The second kappa shape index (κ2) is 5.00. The lowest BCUT2D eigenvalue weighted by Gasteiger charge is -2.07. The molecule has 102 valence electrons. The van der Waals surface area contributed by atoms with Gasteiger partial charge in [0.15, 0.2) is 0 Å². The molecule has 3 rings (SSSR count). The van der Waals surface area contributed by atoms with Crippen molar-refractivity contribution < 1.29 is 4.39 Å². The van der Waals surface area contributed by atoms with E-state index in [2.05, 4.69) is 20.9 Å². The average Bonchev–Trinajstić information content (AvgIpc) is 2.84. The first kappa shape index (κ1) is 13.3. The number of aromatic nitrogens is 2. The van der Waals surface area contributed by atoms with Crippen LogP contribution in [0.3, 0.4) is 0 Å². The van der Waals surface area contributed by atoms with E-state index in [9.17, 15) is 4.39 Å². The van der Waals surface area contributed by atoms with E-state index in [-0.39, 0.29) is 11.9 Å². The molecule has 2 N–H and O–H groups in total. The maximum absolute atomic E-state index is 13.3. The van der Waals surface area contributed by atoms with Crippen LogP contribution in [0.5, 0.6) is 0 Å². The zero-order valence-electron chi connectivity index (χ0n) is 10.8. The van der Waals surface area contributed by atoms with E-state index in [4.69, 9.17) is 5.73 Å². The van der Waals surface area contributed by atoms with Gasteiger partial charge in [-0.25, -0.2) is 9.37 Å². The Kier molecular flexibility index (Phi) is 3.31. The molecule has 5 heteroatoms. The van der Waals surface area contributed by atoms with Crippen LogP contribution < -0.4 is 5.73 Å². The molecule has 0 unspecified atom stereocenters. The topological polar surface area (TPSA) is 43.8 Å². The Balaban J connectivity index is 2.14. The molecule has 3 aromatic rings. The molecule has 0 aliphatic heterocycles. The van der Waals surface area contributed by atoms with Gasteiger partial charge in [-0.05, 0) is 58.7 Å². The van der Waals surface area contributed by atoms with Crippen LogP contribution in [0.15, 0.2) is 47.2 Å². The molecule has 1 aromatic heterocycles. The monoisotopic (exact) mass is 333 g/mol. The number of nitrogens with two attached hydrogens (primary N) is 1. The van der Waals surface area contributed by atoms with E-state index in [1.807, 2.05) is 29.7 Å². The average molecular weight is 334 g/mol. The third-order valence-electron chi connectivity index (χ3n) is 3.28. The van der Waals surface area contributed by atoms with Crippen LogP contribution >= 0.6 is 15.9 Å². The van der Waals surface area contributed by atoms with Gasteiger partial charge >= 0.3 is 0 Å². The minimum atomic E-state index is -0.280. The number of benzene rings is 2. The van der Waals surface area contributed by atoms with Gasteiger partial charge in [0.2, 0.25) is 0 Å². The van der Waals surface area contributed by atoms with Crippen molar-refractivity contribution in [1.29, 1.82) is 0 Å². The quantitative estimate of drug-likeness (QED) is 0.771. The molecule has 0 spiro atoms. The minimum absolute atomic E-state index is 0.0236. The van der Waals surface area contributed by atoms with Gasteiger partial charge < -0.3 is 5.73 Å². The fourth-order valence-corrected chi connectivity index (χ4v) is 2.52. The van der Waals surface area contributed by atoms with Crippen LogP contribution in [0.2, 0.25) is 0 Å². The molecule has 2 aromatic carbocycles. The lowest BCUT2D eigenvalue weighted by Crippen LogP contribution is -2.04. The second-order valence-corrected chi connectivity index (χ2v) is 5.60. The smallest absolute Gasteiger partial charge is 0.137 e. The van der Waals surface area contributed by atoms with Gasteiger partial charge in [-0.3, -0.25) is 4.57 Å². The molecule has 0 bridgehead atoms. The van der Waals surface area contributed by atoms with Gasteiger partial charge in [0.1, 0.15) is 12.1 Å². The number of nitrogens with zero attached hydrogens (tertiary/aromatic N) is 2. The van der Waals surface area contributed by atoms with Crippen molar-refractivity contribution in [3.05, 3.63) is 58.6 Å². The van der Waals surface area contributed by atoms with Crippen LogP contribution in [-0.2, 0) is 0 Å². The zero-order chi connectivity index (χ0) is 14.3. The van der Waals surface area contributed by atoms with Crippen LogP contribution in [-0.4, -0.2) is 9.55 Å². The highest BCUT2D eigenvalue weighted by Gasteiger charge is 2.08. The van der Waals surface area contributed by atoms with Gasteiger partial charge in [0.25, 0.3) is 0 Å². The van der Waals surface area contributed by atoms with Crippen molar-refractivity contribution in [3.8, 4) is 5.69 Å². The summed E-state index contributed by atoms with van der Waals surface area (Å²) in [5.74, 6) is -0.280. The predicted molar refractivity (Wildman–Crippen MR) is 81.3 cm³/mol. The molecule has 1 heterocycles. The lowest BCUT2D eigenvalue weighted by atomic mass is 10.1. The summed E-state index contributed by atoms with van der Waals surface area (Å²) >= 11 is 3.20. The fourth-order valence-electron chi connectivity index (χ4n) is 2.15. The Bertz CT molecular complexity index is 780. The number of rotatable bonds is 2. The molecule has 0 saturated heterocycles. The van der Waals surface area contributed by atoms with Crippen LogP contribution in [0.25, 0.3) is 16.7 Å². The molecule has 20 heavy (non-hydrogen) atoms. The summed E-state index contributed by atoms with van der Waals surface area (Å²) in [6.07, 6.45) is 1.73. The van der Waals surface area contributed by atoms with Gasteiger partial charge in [-0.2, -0.15) is 0 Å². The van der Waals surface area contributed by atoms with Crippen LogP contribution in [0.4, 0.5) is 4.39 Å². The summed E-state index contributed by atoms with van der Waals surface area (Å²) in [4.78, 5) is 4.39. The second-order valence-electron chi connectivity index (χ2n) is 4.75. The highest BCUT2D eigenvalue weighted by atomic mass is 79.9. The summed E-state index contributed by atoms with van der Waals surface area (Å²) in [7, 11) is 0. The predicted octanol–water partition coefficient (Wildman–Crippen LogP) is 3.95. The number of hydrogen-bond donors (Lipinski definition) is 1. The van der Waals surface area contributed by atoms with Crippen molar-refractivity contribution in [2.75, 3.05) is 0 Å². The van der Waals surface area contributed by atoms with E-state index >= 15 is 0 Å². The largest absolute Gasteiger partial charge is 0.324 e. The van der Waals surface area contributed by atoms with Gasteiger partial charge in [-0.15, -0.1) is 0 Å². The summed E-state index contributed by atoms with van der Waals surface area (Å²) < 4.78 is 15.7. The van der Waals surface area contributed by atoms with E-state index in [1.165, 1.54) is 6.07 Å². The van der Waals surface area contributed by atoms with Crippen molar-refractivity contribution >= 4 is 27.0 Å².